The lowest BCUT2D eigenvalue weighted by atomic mass is 9.96. The van der Waals surface area contributed by atoms with Gasteiger partial charge in [-0.3, -0.25) is 4.79 Å². The molecule has 148 valence electrons. The number of aromatic nitrogens is 1. The average Bonchev–Trinajstić information content (AvgIpc) is 3.39. The van der Waals surface area contributed by atoms with Gasteiger partial charge in [0, 0.05) is 24.0 Å². The second-order valence-corrected chi connectivity index (χ2v) is 7.48. The standard InChI is InChI=1S/C20H16Cl2N4O3/c21-13-3-4-15(14(22)10-13)24-18(27)12-5-7-26(8-6-12)20-16(11-23)25-19(29-20)17-2-1-9-28-17/h1-4,9-10,12H,5-8H2,(H,24,27). The van der Waals surface area contributed by atoms with Crippen molar-refractivity contribution in [3.05, 3.63) is 52.3 Å². The number of amides is 1. The van der Waals surface area contributed by atoms with E-state index in [0.29, 0.717) is 53.3 Å². The van der Waals surface area contributed by atoms with Crippen molar-refractivity contribution in [2.45, 2.75) is 12.8 Å². The molecular formula is C20H16Cl2N4O3. The van der Waals surface area contributed by atoms with Crippen LogP contribution in [0.25, 0.3) is 11.7 Å². The molecule has 3 aromatic rings. The molecule has 2 aromatic heterocycles. The molecule has 0 radical (unpaired) electrons. The van der Waals surface area contributed by atoms with Crippen LogP contribution in [0.4, 0.5) is 11.6 Å². The minimum atomic E-state index is -0.170. The number of halogens is 2. The predicted molar refractivity (Wildman–Crippen MR) is 109 cm³/mol. The Bertz CT molecular complexity index is 1060. The molecule has 9 heteroatoms. The van der Waals surface area contributed by atoms with E-state index in [4.69, 9.17) is 32.0 Å². The average molecular weight is 431 g/mol. The highest BCUT2D eigenvalue weighted by atomic mass is 35.5. The van der Waals surface area contributed by atoms with Crippen LogP contribution in [0.1, 0.15) is 18.5 Å². The Morgan fingerprint density at radius 2 is 2.07 bits per heavy atom. The SMILES string of the molecule is N#Cc1nc(-c2ccco2)oc1N1CCC(C(=O)Nc2ccc(Cl)cc2Cl)CC1. The summed E-state index contributed by atoms with van der Waals surface area (Å²) in [6, 6.07) is 10.4. The van der Waals surface area contributed by atoms with E-state index in [1.54, 1.807) is 30.3 Å². The monoisotopic (exact) mass is 430 g/mol. The van der Waals surface area contributed by atoms with E-state index in [1.165, 1.54) is 6.26 Å². The van der Waals surface area contributed by atoms with Gasteiger partial charge in [-0.25, -0.2) is 0 Å². The number of benzene rings is 1. The summed E-state index contributed by atoms with van der Waals surface area (Å²) in [4.78, 5) is 18.7. The summed E-state index contributed by atoms with van der Waals surface area (Å²) in [6.07, 6.45) is 2.74. The van der Waals surface area contributed by atoms with Crippen LogP contribution in [0.5, 0.6) is 0 Å². The number of carbonyl (C=O) groups is 1. The highest BCUT2D eigenvalue weighted by Crippen LogP contribution is 2.32. The van der Waals surface area contributed by atoms with E-state index < -0.39 is 0 Å². The van der Waals surface area contributed by atoms with E-state index >= 15 is 0 Å². The summed E-state index contributed by atoms with van der Waals surface area (Å²) >= 11 is 12.0. The molecule has 7 nitrogen and oxygen atoms in total. The molecule has 0 bridgehead atoms. The fraction of sp³-hybridized carbons (Fsp3) is 0.250. The Labute approximate surface area is 176 Å². The minimum Gasteiger partial charge on any atom is -0.459 e. The summed E-state index contributed by atoms with van der Waals surface area (Å²) in [5, 5.41) is 13.2. The van der Waals surface area contributed by atoms with Gasteiger partial charge in [0.05, 0.1) is 17.0 Å². The van der Waals surface area contributed by atoms with Gasteiger partial charge < -0.3 is 19.1 Å². The third kappa shape index (κ3) is 4.09. The molecule has 1 fully saturated rings. The number of nitriles is 1. The van der Waals surface area contributed by atoms with Crippen LogP contribution in [-0.2, 0) is 4.79 Å². The highest BCUT2D eigenvalue weighted by molar-refractivity contribution is 6.36. The van der Waals surface area contributed by atoms with Gasteiger partial charge in [-0.2, -0.15) is 10.2 Å². The van der Waals surface area contributed by atoms with E-state index in [9.17, 15) is 10.1 Å². The fourth-order valence-corrected chi connectivity index (χ4v) is 3.73. The molecule has 0 saturated carbocycles. The number of piperidine rings is 1. The van der Waals surface area contributed by atoms with E-state index in [1.807, 2.05) is 4.90 Å². The quantitative estimate of drug-likeness (QED) is 0.627. The summed E-state index contributed by atoms with van der Waals surface area (Å²) < 4.78 is 11.1. The van der Waals surface area contributed by atoms with Crippen LogP contribution < -0.4 is 10.2 Å². The summed E-state index contributed by atoms with van der Waals surface area (Å²) in [7, 11) is 0. The third-order valence-corrected chi connectivity index (χ3v) is 5.34. The molecule has 1 aromatic carbocycles. The highest BCUT2D eigenvalue weighted by Gasteiger charge is 2.29. The molecule has 1 saturated heterocycles. The van der Waals surface area contributed by atoms with Gasteiger partial charge >= 0.3 is 0 Å². The van der Waals surface area contributed by atoms with Crippen molar-refractivity contribution < 1.29 is 13.6 Å². The number of anilines is 2. The van der Waals surface area contributed by atoms with Gasteiger partial charge in [-0.05, 0) is 43.2 Å². The van der Waals surface area contributed by atoms with Gasteiger partial charge in [-0.1, -0.05) is 23.2 Å². The molecule has 1 amide bonds. The molecule has 1 aliphatic rings. The van der Waals surface area contributed by atoms with Crippen molar-refractivity contribution in [1.29, 1.82) is 5.26 Å². The van der Waals surface area contributed by atoms with Crippen molar-refractivity contribution in [2.75, 3.05) is 23.3 Å². The van der Waals surface area contributed by atoms with E-state index in [-0.39, 0.29) is 23.4 Å². The fourth-order valence-electron chi connectivity index (χ4n) is 3.28. The van der Waals surface area contributed by atoms with Crippen LogP contribution >= 0.6 is 23.2 Å². The van der Waals surface area contributed by atoms with Gasteiger partial charge in [-0.15, -0.1) is 0 Å². The summed E-state index contributed by atoms with van der Waals surface area (Å²) in [5.41, 5.74) is 0.737. The van der Waals surface area contributed by atoms with Crippen LogP contribution in [-0.4, -0.2) is 24.0 Å². The van der Waals surface area contributed by atoms with Crippen molar-refractivity contribution >= 4 is 40.7 Å². The molecule has 0 aliphatic carbocycles. The van der Waals surface area contributed by atoms with E-state index in [0.717, 1.165) is 0 Å². The lowest BCUT2D eigenvalue weighted by Gasteiger charge is -2.31. The molecule has 0 spiro atoms. The molecule has 0 atom stereocenters. The zero-order chi connectivity index (χ0) is 20.4. The van der Waals surface area contributed by atoms with Crippen LogP contribution in [0.3, 0.4) is 0 Å². The summed E-state index contributed by atoms with van der Waals surface area (Å²) in [6.45, 7) is 1.13. The van der Waals surface area contributed by atoms with Crippen molar-refractivity contribution in [2.24, 2.45) is 5.92 Å². The number of rotatable bonds is 4. The lowest BCUT2D eigenvalue weighted by Crippen LogP contribution is -2.38. The van der Waals surface area contributed by atoms with Crippen LogP contribution in [0.2, 0.25) is 10.0 Å². The lowest BCUT2D eigenvalue weighted by molar-refractivity contribution is -0.120. The first-order chi connectivity index (χ1) is 14.0. The molecule has 0 unspecified atom stereocenters. The van der Waals surface area contributed by atoms with Crippen molar-refractivity contribution in [1.82, 2.24) is 4.98 Å². The molecule has 29 heavy (non-hydrogen) atoms. The van der Waals surface area contributed by atoms with Crippen molar-refractivity contribution in [3.63, 3.8) is 0 Å². The Kier molecular flexibility index (Phi) is 5.47. The molecular weight excluding hydrogens is 415 g/mol. The number of oxazole rings is 1. The smallest absolute Gasteiger partial charge is 0.266 e. The first-order valence-electron chi connectivity index (χ1n) is 9.01. The third-order valence-electron chi connectivity index (χ3n) is 4.79. The predicted octanol–water partition coefficient (Wildman–Crippen LogP) is 4.97. The topological polar surface area (TPSA) is 95.3 Å². The number of nitrogens with zero attached hydrogens (tertiary/aromatic N) is 3. The second-order valence-electron chi connectivity index (χ2n) is 6.64. The Hall–Kier alpha value is -2.95. The maximum Gasteiger partial charge on any atom is 0.266 e. The first-order valence-corrected chi connectivity index (χ1v) is 9.76. The van der Waals surface area contributed by atoms with Crippen LogP contribution in [0, 0.1) is 17.2 Å². The van der Waals surface area contributed by atoms with E-state index in [2.05, 4.69) is 16.4 Å². The maximum absolute atomic E-state index is 12.6. The Morgan fingerprint density at radius 3 is 2.72 bits per heavy atom. The number of hydrogen-bond acceptors (Lipinski definition) is 6. The van der Waals surface area contributed by atoms with Gasteiger partial charge in [0.1, 0.15) is 6.07 Å². The van der Waals surface area contributed by atoms with Gasteiger partial charge in [0.15, 0.2) is 5.76 Å². The molecule has 3 heterocycles. The normalized spacial score (nSPS) is 14.6. The largest absolute Gasteiger partial charge is 0.459 e. The molecule has 1 aliphatic heterocycles. The number of carbonyl (C=O) groups excluding carboxylic acids is 1. The second kappa shape index (κ2) is 8.19. The molecule has 1 N–H and O–H groups in total. The zero-order valence-corrected chi connectivity index (χ0v) is 16.7. The first kappa shape index (κ1) is 19.4. The number of furan rings is 1. The molecule has 4 rings (SSSR count). The van der Waals surface area contributed by atoms with Gasteiger partial charge in [0.2, 0.25) is 17.5 Å². The number of nitrogens with one attached hydrogen (secondary N) is 1. The van der Waals surface area contributed by atoms with Crippen molar-refractivity contribution in [3.8, 4) is 17.7 Å². The maximum atomic E-state index is 12.6. The zero-order valence-electron chi connectivity index (χ0n) is 15.2. The minimum absolute atomic E-state index is 0.0942. The Morgan fingerprint density at radius 1 is 1.28 bits per heavy atom. The van der Waals surface area contributed by atoms with Gasteiger partial charge in [0.25, 0.3) is 5.89 Å². The summed E-state index contributed by atoms with van der Waals surface area (Å²) in [5.74, 6) is 0.860. The number of hydrogen-bond donors (Lipinski definition) is 1. The Balaban J connectivity index is 1.42. The van der Waals surface area contributed by atoms with Crippen LogP contribution in [0.15, 0.2) is 45.4 Å².